The third-order valence-corrected chi connectivity index (χ3v) is 6.43. The zero-order chi connectivity index (χ0) is 24.2. The van der Waals surface area contributed by atoms with E-state index in [2.05, 4.69) is 20.5 Å². The maximum atomic E-state index is 12.9. The topological polar surface area (TPSA) is 90.0 Å². The summed E-state index contributed by atoms with van der Waals surface area (Å²) in [4.78, 5) is 35.9. The molecular weight excluding hydrogens is 432 g/mol. The summed E-state index contributed by atoms with van der Waals surface area (Å²) in [7, 11) is 5.74. The van der Waals surface area contributed by atoms with Gasteiger partial charge in [0.2, 0.25) is 5.91 Å². The number of nitrogens with one attached hydrogen (secondary N) is 2. The lowest BCUT2D eigenvalue weighted by Gasteiger charge is -2.45. The van der Waals surface area contributed by atoms with Crippen LogP contribution >= 0.6 is 0 Å². The van der Waals surface area contributed by atoms with Crippen molar-refractivity contribution in [3.8, 4) is 0 Å². The fourth-order valence-electron chi connectivity index (χ4n) is 4.56. The van der Waals surface area contributed by atoms with Gasteiger partial charge in [-0.1, -0.05) is 6.07 Å². The van der Waals surface area contributed by atoms with Gasteiger partial charge in [0.25, 0.3) is 5.91 Å². The smallest absolute Gasteiger partial charge is 0.251 e. The van der Waals surface area contributed by atoms with E-state index >= 15 is 0 Å². The number of carbonyl (C=O) groups is 2. The van der Waals surface area contributed by atoms with E-state index in [9.17, 15) is 9.59 Å². The quantitative estimate of drug-likeness (QED) is 0.648. The summed E-state index contributed by atoms with van der Waals surface area (Å²) < 4.78 is 5.55. The van der Waals surface area contributed by atoms with Crippen molar-refractivity contribution in [3.05, 3.63) is 42.1 Å². The molecule has 0 aliphatic carbocycles. The predicted octanol–water partition coefficient (Wildman–Crippen LogP) is 2.47. The van der Waals surface area contributed by atoms with Crippen LogP contribution in [-0.2, 0) is 9.53 Å². The molecule has 2 aliphatic heterocycles. The fraction of sp³-hybridized carbons (Fsp3) is 0.480. The maximum absolute atomic E-state index is 12.9. The zero-order valence-electron chi connectivity index (χ0n) is 20.4. The van der Waals surface area contributed by atoms with Crippen LogP contribution < -0.4 is 20.4 Å². The second-order valence-electron chi connectivity index (χ2n) is 9.15. The first-order valence-electron chi connectivity index (χ1n) is 11.8. The third kappa shape index (κ3) is 5.15. The normalized spacial score (nSPS) is 18.7. The molecule has 1 aromatic carbocycles. The van der Waals surface area contributed by atoms with Crippen LogP contribution in [0.5, 0.6) is 0 Å². The van der Waals surface area contributed by atoms with E-state index in [1.165, 1.54) is 0 Å². The Balaban J connectivity index is 1.56. The molecule has 3 heterocycles. The third-order valence-electron chi connectivity index (χ3n) is 6.43. The Morgan fingerprint density at radius 2 is 1.97 bits per heavy atom. The predicted molar refractivity (Wildman–Crippen MR) is 134 cm³/mol. The highest BCUT2D eigenvalue weighted by atomic mass is 16.5. The van der Waals surface area contributed by atoms with Crippen molar-refractivity contribution in [2.24, 2.45) is 0 Å². The lowest BCUT2D eigenvalue weighted by Crippen LogP contribution is -2.55. The maximum Gasteiger partial charge on any atom is 0.251 e. The number of hydrogen-bond acceptors (Lipinski definition) is 7. The van der Waals surface area contributed by atoms with Crippen LogP contribution in [0.3, 0.4) is 0 Å². The van der Waals surface area contributed by atoms with Crippen molar-refractivity contribution in [1.29, 1.82) is 0 Å². The van der Waals surface area contributed by atoms with E-state index in [1.54, 1.807) is 24.2 Å². The van der Waals surface area contributed by atoms with Crippen LogP contribution in [0.15, 0.2) is 36.5 Å². The fourth-order valence-corrected chi connectivity index (χ4v) is 4.56. The van der Waals surface area contributed by atoms with Gasteiger partial charge in [0.1, 0.15) is 11.9 Å². The highest BCUT2D eigenvalue weighted by Crippen LogP contribution is 2.39. The Kier molecular flexibility index (Phi) is 7.33. The molecule has 182 valence electrons. The number of rotatable bonds is 7. The lowest BCUT2D eigenvalue weighted by atomic mass is 10.00. The van der Waals surface area contributed by atoms with Crippen LogP contribution in [0, 0.1) is 0 Å². The number of carbonyl (C=O) groups excluding carboxylic acids is 2. The number of likely N-dealkylation sites (N-methyl/N-ethyl adjacent to an activating group) is 2. The molecule has 1 fully saturated rings. The second kappa shape index (κ2) is 10.4. The van der Waals surface area contributed by atoms with Crippen LogP contribution in [0.1, 0.15) is 30.1 Å². The van der Waals surface area contributed by atoms with Gasteiger partial charge in [0.15, 0.2) is 0 Å². The Bertz CT molecular complexity index is 1040. The van der Waals surface area contributed by atoms with Crippen molar-refractivity contribution < 1.29 is 14.3 Å². The minimum atomic E-state index is -0.259. The van der Waals surface area contributed by atoms with Gasteiger partial charge in [0, 0.05) is 56.7 Å². The molecule has 0 saturated carbocycles. The molecule has 1 atom stereocenters. The van der Waals surface area contributed by atoms with Crippen molar-refractivity contribution in [2.75, 3.05) is 62.6 Å². The van der Waals surface area contributed by atoms with Crippen LogP contribution in [0.2, 0.25) is 0 Å². The molecule has 1 aromatic heterocycles. The lowest BCUT2D eigenvalue weighted by molar-refractivity contribution is -0.119. The van der Waals surface area contributed by atoms with Crippen molar-refractivity contribution in [1.82, 2.24) is 15.2 Å². The van der Waals surface area contributed by atoms with E-state index in [1.807, 2.05) is 50.2 Å². The van der Waals surface area contributed by atoms with Gasteiger partial charge in [-0.2, -0.15) is 0 Å². The average Bonchev–Trinajstić information content (AvgIpc) is 2.83. The molecule has 1 saturated heterocycles. The van der Waals surface area contributed by atoms with Gasteiger partial charge < -0.3 is 30.1 Å². The van der Waals surface area contributed by atoms with Gasteiger partial charge in [-0.25, -0.2) is 4.98 Å². The van der Waals surface area contributed by atoms with Gasteiger partial charge in [0.05, 0.1) is 17.6 Å². The van der Waals surface area contributed by atoms with E-state index < -0.39 is 0 Å². The van der Waals surface area contributed by atoms with Gasteiger partial charge in [-0.15, -0.1) is 0 Å². The first-order chi connectivity index (χ1) is 16.3. The number of ether oxygens (including phenoxy) is 1. The second-order valence-corrected chi connectivity index (χ2v) is 9.15. The summed E-state index contributed by atoms with van der Waals surface area (Å²) >= 11 is 0. The molecule has 2 aromatic rings. The Morgan fingerprint density at radius 1 is 1.21 bits per heavy atom. The number of fused-ring (bicyclic) bond motifs is 1. The Labute approximate surface area is 201 Å². The highest BCUT2D eigenvalue weighted by molar-refractivity contribution is 6.05. The van der Waals surface area contributed by atoms with E-state index in [0.29, 0.717) is 31.1 Å². The van der Waals surface area contributed by atoms with Gasteiger partial charge in [-0.3, -0.25) is 9.59 Å². The van der Waals surface area contributed by atoms with Gasteiger partial charge >= 0.3 is 0 Å². The number of benzene rings is 1. The Morgan fingerprint density at radius 3 is 2.71 bits per heavy atom. The summed E-state index contributed by atoms with van der Waals surface area (Å²) in [5, 5.41) is 6.27. The molecular formula is C25H34N6O3. The van der Waals surface area contributed by atoms with E-state index in [0.717, 1.165) is 36.4 Å². The number of pyridine rings is 1. The van der Waals surface area contributed by atoms with E-state index in [4.69, 9.17) is 4.74 Å². The van der Waals surface area contributed by atoms with Crippen LogP contribution in [0.25, 0.3) is 0 Å². The van der Waals surface area contributed by atoms with E-state index in [-0.39, 0.29) is 23.9 Å². The Hall–Kier alpha value is -3.17. The molecule has 9 heteroatoms. The van der Waals surface area contributed by atoms with Crippen molar-refractivity contribution >= 4 is 34.7 Å². The molecule has 4 rings (SSSR count). The first-order valence-corrected chi connectivity index (χ1v) is 11.8. The van der Waals surface area contributed by atoms with Gasteiger partial charge in [-0.05, 0) is 52.1 Å². The molecule has 0 bridgehead atoms. The summed E-state index contributed by atoms with van der Waals surface area (Å²) in [6, 6.07) is 9.35. The number of nitrogens with zero attached hydrogens (tertiary/aromatic N) is 4. The highest BCUT2D eigenvalue weighted by Gasteiger charge is 2.38. The summed E-state index contributed by atoms with van der Waals surface area (Å²) in [6.45, 7) is 4.73. The molecule has 2 aliphatic rings. The van der Waals surface area contributed by atoms with Crippen LogP contribution in [-0.4, -0.2) is 81.2 Å². The monoisotopic (exact) mass is 466 g/mol. The zero-order valence-corrected chi connectivity index (χ0v) is 20.4. The summed E-state index contributed by atoms with van der Waals surface area (Å²) in [6.07, 6.45) is 3.51. The molecule has 2 amide bonds. The molecule has 9 nitrogen and oxygen atoms in total. The van der Waals surface area contributed by atoms with Crippen LogP contribution in [0.4, 0.5) is 22.9 Å². The van der Waals surface area contributed by atoms with Crippen molar-refractivity contribution in [3.63, 3.8) is 0 Å². The largest absolute Gasteiger partial charge is 0.381 e. The molecule has 0 radical (unpaired) electrons. The number of anilines is 4. The minimum absolute atomic E-state index is 0.0643. The summed E-state index contributed by atoms with van der Waals surface area (Å²) in [5.41, 5.74) is 3.15. The van der Waals surface area contributed by atoms with Crippen molar-refractivity contribution in [2.45, 2.75) is 31.8 Å². The number of hydrogen-bond donors (Lipinski definition) is 2. The number of amides is 2. The summed E-state index contributed by atoms with van der Waals surface area (Å²) in [5.74, 6) is 0.619. The average molecular weight is 467 g/mol. The minimum Gasteiger partial charge on any atom is -0.381 e. The molecule has 1 unspecified atom stereocenters. The molecule has 2 N–H and O–H groups in total. The molecule has 0 spiro atoms. The standard InChI is InChI=1S/C25H34N6O3/c1-17-25(33)30(4)22-16-27-23(15-21(22)31(17)20-8-12-34-13-9-20)28-19-7-5-6-18(14-19)24(32)26-10-11-29(2)3/h5-7,14-17,20H,8-13H2,1-4H3,(H,26,32)(H,27,28). The SMILES string of the molecule is CC1C(=O)N(C)c2cnc(Nc3cccc(C(=O)NCCN(C)C)c3)cc2N1C1CCOCC1. The number of aromatic nitrogens is 1. The first kappa shape index (κ1) is 24.0. The molecule has 34 heavy (non-hydrogen) atoms.